The third kappa shape index (κ3) is 3.57. The predicted molar refractivity (Wildman–Crippen MR) is 49.9 cm³/mol. The van der Waals surface area contributed by atoms with Gasteiger partial charge in [-0.25, -0.2) is 4.79 Å². The molecule has 0 aromatic heterocycles. The Morgan fingerprint density at radius 2 is 2.00 bits per heavy atom. The van der Waals surface area contributed by atoms with E-state index < -0.39 is 0 Å². The van der Waals surface area contributed by atoms with E-state index >= 15 is 0 Å². The summed E-state index contributed by atoms with van der Waals surface area (Å²) in [6.45, 7) is 4.56. The van der Waals surface area contributed by atoms with Gasteiger partial charge in [-0.15, -0.1) is 0 Å². The van der Waals surface area contributed by atoms with E-state index in [4.69, 9.17) is 5.73 Å². The minimum absolute atomic E-state index is 0.0669. The van der Waals surface area contributed by atoms with Crippen molar-refractivity contribution in [3.8, 4) is 0 Å². The Kier molecular flexibility index (Phi) is 4.66. The van der Waals surface area contributed by atoms with Crippen LogP contribution in [0.3, 0.4) is 0 Å². The molecule has 0 saturated carbocycles. The number of hydrogen-bond donors (Lipinski definition) is 2. The van der Waals surface area contributed by atoms with Crippen LogP contribution >= 0.6 is 0 Å². The number of nitrogens with zero attached hydrogens (tertiary/aromatic N) is 1. The standard InChI is InChI=1S/C8H19N3O/c1-6(5-9)7(2)10-8(12)11(3)4/h6-7H,5,9H2,1-4H3,(H,10,12). The lowest BCUT2D eigenvalue weighted by atomic mass is 10.0. The molecule has 2 atom stereocenters. The van der Waals surface area contributed by atoms with Gasteiger partial charge in [-0.1, -0.05) is 6.92 Å². The summed E-state index contributed by atoms with van der Waals surface area (Å²) in [5.74, 6) is 0.314. The number of amides is 2. The molecule has 0 rings (SSSR count). The van der Waals surface area contributed by atoms with Crippen molar-refractivity contribution in [1.29, 1.82) is 0 Å². The zero-order chi connectivity index (χ0) is 9.72. The highest BCUT2D eigenvalue weighted by Crippen LogP contribution is 1.99. The lowest BCUT2D eigenvalue weighted by Gasteiger charge is -2.22. The van der Waals surface area contributed by atoms with Gasteiger partial charge in [-0.05, 0) is 19.4 Å². The molecule has 0 radical (unpaired) electrons. The molecular weight excluding hydrogens is 154 g/mol. The molecule has 0 heterocycles. The molecule has 0 aromatic carbocycles. The largest absolute Gasteiger partial charge is 0.335 e. The number of carbonyl (C=O) groups is 1. The van der Waals surface area contributed by atoms with Gasteiger partial charge < -0.3 is 16.0 Å². The number of urea groups is 1. The van der Waals surface area contributed by atoms with Crippen molar-refractivity contribution in [2.45, 2.75) is 19.9 Å². The fraction of sp³-hybridized carbons (Fsp3) is 0.875. The van der Waals surface area contributed by atoms with Crippen molar-refractivity contribution in [2.75, 3.05) is 20.6 Å². The average Bonchev–Trinajstić information content (AvgIpc) is 2.02. The molecule has 0 bridgehead atoms. The maximum absolute atomic E-state index is 11.1. The highest BCUT2D eigenvalue weighted by Gasteiger charge is 2.13. The molecule has 72 valence electrons. The van der Waals surface area contributed by atoms with E-state index in [1.165, 1.54) is 4.90 Å². The van der Waals surface area contributed by atoms with Crippen molar-refractivity contribution < 1.29 is 4.79 Å². The Balaban J connectivity index is 3.83. The van der Waals surface area contributed by atoms with E-state index in [-0.39, 0.29) is 12.1 Å². The SMILES string of the molecule is CC(CN)C(C)NC(=O)N(C)C. The highest BCUT2D eigenvalue weighted by molar-refractivity contribution is 5.73. The van der Waals surface area contributed by atoms with Gasteiger partial charge in [0.2, 0.25) is 0 Å². The molecule has 2 unspecified atom stereocenters. The van der Waals surface area contributed by atoms with Gasteiger partial charge in [-0.3, -0.25) is 0 Å². The molecule has 2 amide bonds. The first-order valence-corrected chi connectivity index (χ1v) is 4.17. The predicted octanol–water partition coefficient (Wildman–Crippen LogP) is 0.241. The van der Waals surface area contributed by atoms with Gasteiger partial charge in [0.1, 0.15) is 0 Å². The Morgan fingerprint density at radius 1 is 1.50 bits per heavy atom. The first kappa shape index (κ1) is 11.2. The van der Waals surface area contributed by atoms with Crippen LogP contribution in [0.5, 0.6) is 0 Å². The zero-order valence-electron chi connectivity index (χ0n) is 8.29. The van der Waals surface area contributed by atoms with Gasteiger partial charge >= 0.3 is 6.03 Å². The van der Waals surface area contributed by atoms with E-state index in [0.717, 1.165) is 0 Å². The second kappa shape index (κ2) is 4.98. The maximum atomic E-state index is 11.1. The van der Waals surface area contributed by atoms with Crippen LogP contribution in [0.2, 0.25) is 0 Å². The van der Waals surface area contributed by atoms with Crippen LogP contribution in [0, 0.1) is 5.92 Å². The molecule has 0 aliphatic carbocycles. The summed E-state index contributed by atoms with van der Waals surface area (Å²) in [6.07, 6.45) is 0. The zero-order valence-corrected chi connectivity index (χ0v) is 8.29. The first-order chi connectivity index (χ1) is 5.49. The number of carbonyl (C=O) groups excluding carboxylic acids is 1. The Labute approximate surface area is 74.1 Å². The Morgan fingerprint density at radius 3 is 2.33 bits per heavy atom. The van der Waals surface area contributed by atoms with Crippen molar-refractivity contribution in [2.24, 2.45) is 11.7 Å². The summed E-state index contributed by atoms with van der Waals surface area (Å²) in [5, 5.41) is 2.84. The molecular formula is C8H19N3O. The fourth-order valence-corrected chi connectivity index (χ4v) is 0.670. The van der Waals surface area contributed by atoms with E-state index in [2.05, 4.69) is 5.32 Å². The fourth-order valence-electron chi connectivity index (χ4n) is 0.670. The lowest BCUT2D eigenvalue weighted by molar-refractivity contribution is 0.210. The topological polar surface area (TPSA) is 58.4 Å². The number of hydrogen-bond acceptors (Lipinski definition) is 2. The highest BCUT2D eigenvalue weighted by atomic mass is 16.2. The molecule has 3 N–H and O–H groups in total. The van der Waals surface area contributed by atoms with E-state index in [0.29, 0.717) is 12.5 Å². The van der Waals surface area contributed by atoms with Gasteiger partial charge in [0, 0.05) is 20.1 Å². The second-order valence-electron chi connectivity index (χ2n) is 3.35. The normalized spacial score (nSPS) is 15.1. The molecule has 0 aliphatic heterocycles. The average molecular weight is 173 g/mol. The van der Waals surface area contributed by atoms with Crippen LogP contribution in [-0.2, 0) is 0 Å². The van der Waals surface area contributed by atoms with Crippen LogP contribution in [0.15, 0.2) is 0 Å². The molecule has 0 spiro atoms. The van der Waals surface area contributed by atoms with E-state index in [1.807, 2.05) is 13.8 Å². The van der Waals surface area contributed by atoms with Gasteiger partial charge in [0.15, 0.2) is 0 Å². The summed E-state index contributed by atoms with van der Waals surface area (Å²) in [4.78, 5) is 12.7. The maximum Gasteiger partial charge on any atom is 0.317 e. The van der Waals surface area contributed by atoms with Gasteiger partial charge in [0.05, 0.1) is 0 Å². The summed E-state index contributed by atoms with van der Waals surface area (Å²) in [7, 11) is 3.43. The second-order valence-corrected chi connectivity index (χ2v) is 3.35. The molecule has 0 aromatic rings. The van der Waals surface area contributed by atoms with Crippen LogP contribution in [-0.4, -0.2) is 37.6 Å². The monoisotopic (exact) mass is 173 g/mol. The quantitative estimate of drug-likeness (QED) is 0.642. The number of nitrogens with one attached hydrogen (secondary N) is 1. The molecule has 0 fully saturated rings. The van der Waals surface area contributed by atoms with Gasteiger partial charge in [-0.2, -0.15) is 0 Å². The van der Waals surface area contributed by atoms with Crippen molar-refractivity contribution in [1.82, 2.24) is 10.2 Å². The van der Waals surface area contributed by atoms with Crippen molar-refractivity contribution in [3.63, 3.8) is 0 Å². The number of rotatable bonds is 3. The Hall–Kier alpha value is -0.770. The third-order valence-corrected chi connectivity index (χ3v) is 1.98. The molecule has 12 heavy (non-hydrogen) atoms. The van der Waals surface area contributed by atoms with Crippen LogP contribution in [0.25, 0.3) is 0 Å². The summed E-state index contributed by atoms with van der Waals surface area (Å²) >= 11 is 0. The van der Waals surface area contributed by atoms with Gasteiger partial charge in [0.25, 0.3) is 0 Å². The lowest BCUT2D eigenvalue weighted by Crippen LogP contribution is -2.44. The van der Waals surface area contributed by atoms with Crippen LogP contribution in [0.1, 0.15) is 13.8 Å². The molecule has 4 nitrogen and oxygen atoms in total. The van der Waals surface area contributed by atoms with Crippen molar-refractivity contribution >= 4 is 6.03 Å². The van der Waals surface area contributed by atoms with E-state index in [1.54, 1.807) is 14.1 Å². The van der Waals surface area contributed by atoms with Crippen molar-refractivity contribution in [3.05, 3.63) is 0 Å². The first-order valence-electron chi connectivity index (χ1n) is 4.17. The minimum Gasteiger partial charge on any atom is -0.335 e. The number of nitrogens with two attached hydrogens (primary N) is 1. The summed E-state index contributed by atoms with van der Waals surface area (Å²) < 4.78 is 0. The third-order valence-electron chi connectivity index (χ3n) is 1.98. The molecule has 0 saturated heterocycles. The molecule has 4 heteroatoms. The smallest absolute Gasteiger partial charge is 0.317 e. The molecule has 0 aliphatic rings. The van der Waals surface area contributed by atoms with E-state index in [9.17, 15) is 4.79 Å². The summed E-state index contributed by atoms with van der Waals surface area (Å²) in [5.41, 5.74) is 5.46. The minimum atomic E-state index is -0.0669. The Bertz CT molecular complexity index is 147. The van der Waals surface area contributed by atoms with Crippen LogP contribution < -0.4 is 11.1 Å². The summed E-state index contributed by atoms with van der Waals surface area (Å²) in [6, 6.07) is 0.0627. The van der Waals surface area contributed by atoms with Crippen LogP contribution in [0.4, 0.5) is 4.79 Å².